The quantitative estimate of drug-likeness (QED) is 0.195. The van der Waals surface area contributed by atoms with Crippen LogP contribution in [0.5, 0.6) is 0 Å². The van der Waals surface area contributed by atoms with Gasteiger partial charge in [0, 0.05) is 37.8 Å². The molecule has 10 rings (SSSR count). The molecule has 6 aliphatic rings. The Morgan fingerprint density at radius 3 is 1.10 bits per heavy atom. The first-order valence-electron chi connectivity index (χ1n) is 18.3. The van der Waals surface area contributed by atoms with Gasteiger partial charge in [-0.15, -0.1) is 22.7 Å². The van der Waals surface area contributed by atoms with E-state index in [4.69, 9.17) is 0 Å². The molecule has 0 bridgehead atoms. The van der Waals surface area contributed by atoms with Gasteiger partial charge in [-0.25, -0.2) is 27.5 Å². The van der Waals surface area contributed by atoms with Crippen LogP contribution in [0, 0.1) is 47.3 Å². The Bertz CT molecular complexity index is 2100. The molecule has 0 saturated heterocycles. The maximum Gasteiger partial charge on any atom is 0.188 e. The summed E-state index contributed by atoms with van der Waals surface area (Å²) in [6.07, 6.45) is -4.06. The van der Waals surface area contributed by atoms with Crippen molar-refractivity contribution in [1.82, 2.24) is 9.13 Å². The second-order valence-electron chi connectivity index (χ2n) is 16.2. The summed E-state index contributed by atoms with van der Waals surface area (Å²) < 4.78 is 62.6. The van der Waals surface area contributed by atoms with Gasteiger partial charge in [-0.3, -0.25) is 19.2 Å². The summed E-state index contributed by atoms with van der Waals surface area (Å²) in [6, 6.07) is 3.73. The monoisotopic (exact) mass is 752 g/mol. The summed E-state index contributed by atoms with van der Waals surface area (Å²) >= 11 is 2.77. The van der Waals surface area contributed by atoms with Gasteiger partial charge in [0.15, 0.2) is 34.6 Å². The minimum atomic E-state index is -1.52. The second kappa shape index (κ2) is 11.5. The van der Waals surface area contributed by atoms with E-state index < -0.39 is 48.4 Å². The van der Waals surface area contributed by atoms with Crippen LogP contribution in [0.1, 0.15) is 51.4 Å². The van der Waals surface area contributed by atoms with E-state index in [1.165, 1.54) is 22.7 Å². The first-order chi connectivity index (χ1) is 24.9. The van der Waals surface area contributed by atoms with E-state index in [2.05, 4.69) is 9.98 Å². The molecule has 0 aromatic carbocycles. The van der Waals surface area contributed by atoms with Crippen molar-refractivity contribution in [2.24, 2.45) is 71.4 Å². The Morgan fingerprint density at radius 2 is 0.808 bits per heavy atom. The fraction of sp³-hybridized carbons (Fsp3) is 0.579. The molecule has 0 aliphatic heterocycles. The Balaban J connectivity index is 0.945. The maximum atomic E-state index is 14.2. The third kappa shape index (κ3) is 4.61. The van der Waals surface area contributed by atoms with E-state index in [0.29, 0.717) is 35.7 Å². The van der Waals surface area contributed by atoms with Gasteiger partial charge >= 0.3 is 0 Å². The molecular formula is C38H36F4N4O4S2. The van der Waals surface area contributed by atoms with Crippen molar-refractivity contribution in [3.63, 3.8) is 0 Å². The normalized spacial score (nSPS) is 37.7. The van der Waals surface area contributed by atoms with Gasteiger partial charge in [-0.05, 0) is 87.2 Å². The number of aryl methyl sites for hydroxylation is 2. The Hall–Kier alpha value is -3.52. The van der Waals surface area contributed by atoms with Crippen LogP contribution in [0.3, 0.4) is 0 Å². The molecule has 6 saturated carbocycles. The SMILES string of the molecule is Cn1c2cc(N=C3C(=O)C4CC5CC(F)C(F)CC5CC4C3=O)sc2c2c1c1sc(N=C3C(=O)C4CC5CC(F)C(F)CC5CC4C3=O)cc1n2C. The number of hydrogen-bond acceptors (Lipinski definition) is 8. The van der Waals surface area contributed by atoms with E-state index in [-0.39, 0.29) is 83.9 Å². The summed E-state index contributed by atoms with van der Waals surface area (Å²) in [5.41, 5.74) is 3.50. The zero-order valence-electron chi connectivity index (χ0n) is 28.5. The maximum absolute atomic E-state index is 14.2. The average Bonchev–Trinajstić information content (AvgIpc) is 3.92. The summed E-state index contributed by atoms with van der Waals surface area (Å²) in [6.45, 7) is 0. The summed E-state index contributed by atoms with van der Waals surface area (Å²) in [5, 5.41) is 1.06. The van der Waals surface area contributed by atoms with Crippen molar-refractivity contribution in [3.8, 4) is 0 Å². The highest BCUT2D eigenvalue weighted by Gasteiger charge is 2.55. The van der Waals surface area contributed by atoms with Crippen LogP contribution in [0.15, 0.2) is 22.1 Å². The molecule has 6 fully saturated rings. The van der Waals surface area contributed by atoms with Gasteiger partial charge < -0.3 is 9.13 Å². The number of Topliss-reactive ketones (excluding diaryl/α,β-unsaturated/α-hetero) is 4. The number of alkyl halides is 4. The molecule has 14 heteroatoms. The van der Waals surface area contributed by atoms with E-state index >= 15 is 0 Å². The number of carbonyl (C=O) groups is 4. The Morgan fingerprint density at radius 1 is 0.519 bits per heavy atom. The molecule has 0 spiro atoms. The van der Waals surface area contributed by atoms with Crippen molar-refractivity contribution < 1.29 is 36.7 Å². The van der Waals surface area contributed by atoms with Crippen molar-refractivity contribution in [2.45, 2.75) is 76.1 Å². The number of carbonyl (C=O) groups excluding carboxylic acids is 4. The molecule has 4 aromatic heterocycles. The molecule has 0 radical (unpaired) electrons. The molecule has 12 atom stereocenters. The van der Waals surface area contributed by atoms with Crippen LogP contribution in [-0.4, -0.2) is 68.4 Å². The number of rotatable bonds is 2. The van der Waals surface area contributed by atoms with E-state index in [9.17, 15) is 36.7 Å². The lowest BCUT2D eigenvalue weighted by atomic mass is 9.63. The molecule has 8 nitrogen and oxygen atoms in total. The third-order valence-electron chi connectivity index (χ3n) is 13.6. The number of fused-ring (bicyclic) bond motifs is 9. The van der Waals surface area contributed by atoms with Gasteiger partial charge in [0.2, 0.25) is 0 Å². The van der Waals surface area contributed by atoms with E-state index in [0.717, 1.165) is 31.5 Å². The fourth-order valence-corrected chi connectivity index (χ4v) is 13.2. The van der Waals surface area contributed by atoms with Gasteiger partial charge in [-0.1, -0.05) is 0 Å². The highest BCUT2D eigenvalue weighted by atomic mass is 32.1. The molecule has 0 N–H and O–H groups in total. The predicted molar refractivity (Wildman–Crippen MR) is 191 cm³/mol. The number of hydrogen-bond donors (Lipinski definition) is 0. The van der Waals surface area contributed by atoms with Crippen molar-refractivity contribution in [3.05, 3.63) is 12.1 Å². The van der Waals surface area contributed by atoms with Gasteiger partial charge in [0.05, 0.1) is 31.5 Å². The summed E-state index contributed by atoms with van der Waals surface area (Å²) in [5.74, 6) is -3.64. The zero-order valence-corrected chi connectivity index (χ0v) is 30.1. The lowest BCUT2D eigenvalue weighted by Gasteiger charge is -2.42. The molecule has 4 heterocycles. The highest BCUT2D eigenvalue weighted by molar-refractivity contribution is 7.25. The van der Waals surface area contributed by atoms with Crippen LogP contribution in [0.4, 0.5) is 27.6 Å². The lowest BCUT2D eigenvalue weighted by Crippen LogP contribution is -2.41. The predicted octanol–water partition coefficient (Wildman–Crippen LogP) is 7.85. The van der Waals surface area contributed by atoms with Crippen LogP contribution < -0.4 is 0 Å². The zero-order chi connectivity index (χ0) is 36.1. The van der Waals surface area contributed by atoms with Crippen molar-refractivity contribution in [2.75, 3.05) is 0 Å². The molecule has 52 heavy (non-hydrogen) atoms. The topological polar surface area (TPSA) is 103 Å². The van der Waals surface area contributed by atoms with E-state index in [1.807, 2.05) is 35.4 Å². The molecule has 0 amide bonds. The first-order valence-corrected chi connectivity index (χ1v) is 19.9. The number of aliphatic imine (C=N–C) groups is 2. The number of nitrogens with zero attached hydrogens (tertiary/aromatic N) is 4. The molecular weight excluding hydrogens is 717 g/mol. The largest absolute Gasteiger partial charge is 0.340 e. The lowest BCUT2D eigenvalue weighted by molar-refractivity contribution is -0.124. The minimum absolute atomic E-state index is 0.0607. The number of ketones is 4. The summed E-state index contributed by atoms with van der Waals surface area (Å²) in [4.78, 5) is 63.2. The summed E-state index contributed by atoms with van der Waals surface area (Å²) in [7, 11) is 3.85. The highest BCUT2D eigenvalue weighted by Crippen LogP contribution is 2.52. The van der Waals surface area contributed by atoms with E-state index in [1.54, 1.807) is 0 Å². The second-order valence-corrected chi connectivity index (χ2v) is 18.3. The van der Waals surface area contributed by atoms with Gasteiger partial charge in [0.1, 0.15) is 34.7 Å². The van der Waals surface area contributed by atoms with Crippen LogP contribution in [0.25, 0.3) is 31.5 Å². The Labute approximate surface area is 303 Å². The van der Waals surface area contributed by atoms with Crippen molar-refractivity contribution >= 4 is 98.7 Å². The molecule has 4 aromatic rings. The third-order valence-corrected chi connectivity index (χ3v) is 15.6. The standard InChI is InChI=1S/C38H36F4N4O4S2/c1-45-25-11-27(43-29-33(47)17-3-13-7-21(39)22(40)8-14(13)4-18(17)34(29)48)51-37(25)32-31(45)38-26(46(32)2)12-28(52-38)44-30-35(49)19-5-15-9-23(41)24(42)10-16(15)6-20(19)36(30)50/h11-24H,3-10H2,1-2H3. The van der Waals surface area contributed by atoms with Crippen molar-refractivity contribution in [1.29, 1.82) is 0 Å². The first kappa shape index (κ1) is 33.1. The molecule has 6 aliphatic carbocycles. The van der Waals surface area contributed by atoms with Crippen LogP contribution in [0.2, 0.25) is 0 Å². The van der Waals surface area contributed by atoms with Crippen LogP contribution >= 0.6 is 22.7 Å². The average molecular weight is 753 g/mol. The molecule has 272 valence electrons. The smallest absolute Gasteiger partial charge is 0.188 e. The van der Waals surface area contributed by atoms with Crippen LogP contribution in [-0.2, 0) is 33.3 Å². The number of thiophene rings is 2. The Kier molecular flexibility index (Phi) is 7.31. The fourth-order valence-electron chi connectivity index (χ4n) is 10.9. The van der Waals surface area contributed by atoms with Gasteiger partial charge in [-0.2, -0.15) is 0 Å². The number of aromatic nitrogens is 2. The minimum Gasteiger partial charge on any atom is -0.340 e. The molecule has 12 unspecified atom stereocenters. The number of halogens is 4. The van der Waals surface area contributed by atoms with Gasteiger partial charge in [0.25, 0.3) is 0 Å².